The number of piperazine rings is 1. The van der Waals surface area contributed by atoms with E-state index in [1.54, 1.807) is 12.1 Å². The van der Waals surface area contributed by atoms with E-state index in [4.69, 9.17) is 4.74 Å². The van der Waals surface area contributed by atoms with Gasteiger partial charge in [-0.2, -0.15) is 0 Å². The van der Waals surface area contributed by atoms with Crippen molar-refractivity contribution in [1.82, 2.24) is 15.5 Å². The highest BCUT2D eigenvalue weighted by atomic mass is 79.9. The summed E-state index contributed by atoms with van der Waals surface area (Å²) in [6.07, 6.45) is 0. The van der Waals surface area contributed by atoms with Crippen molar-refractivity contribution in [2.45, 2.75) is 0 Å². The van der Waals surface area contributed by atoms with Gasteiger partial charge in [-0.05, 0) is 18.2 Å². The highest BCUT2D eigenvalue weighted by Gasteiger charge is 2.27. The molecule has 0 aliphatic carbocycles. The Hall–Kier alpha value is -1.64. The quantitative estimate of drug-likeness (QED) is 0.743. The van der Waals surface area contributed by atoms with Crippen LogP contribution in [0.2, 0.25) is 0 Å². The molecule has 3 rings (SSSR count). The zero-order valence-corrected chi connectivity index (χ0v) is 15.0. The van der Waals surface area contributed by atoms with Gasteiger partial charge in [-0.3, -0.25) is 19.4 Å². The van der Waals surface area contributed by atoms with Gasteiger partial charge in [0.25, 0.3) is 5.91 Å². The minimum Gasteiger partial charge on any atom is -0.482 e. The summed E-state index contributed by atoms with van der Waals surface area (Å²) in [6.45, 7) is 5.36. The zero-order valence-electron chi connectivity index (χ0n) is 13.4. The molecule has 1 aromatic rings. The number of nitrogens with zero attached hydrogens (tertiary/aromatic N) is 2. The molecule has 2 amide bonds. The van der Waals surface area contributed by atoms with E-state index in [0.29, 0.717) is 18.0 Å². The average molecular weight is 397 g/mol. The van der Waals surface area contributed by atoms with Crippen LogP contribution in [0.5, 0.6) is 5.75 Å². The van der Waals surface area contributed by atoms with E-state index in [9.17, 15) is 9.59 Å². The fourth-order valence-corrected chi connectivity index (χ4v) is 3.18. The van der Waals surface area contributed by atoms with Crippen LogP contribution in [-0.4, -0.2) is 69.1 Å². The first-order valence-corrected chi connectivity index (χ1v) is 8.85. The summed E-state index contributed by atoms with van der Waals surface area (Å²) in [5.41, 5.74) is 0.631. The van der Waals surface area contributed by atoms with Crippen LogP contribution < -0.4 is 20.3 Å². The van der Waals surface area contributed by atoms with E-state index in [1.165, 1.54) is 4.90 Å². The highest BCUT2D eigenvalue weighted by Crippen LogP contribution is 2.34. The molecule has 0 radical (unpaired) electrons. The van der Waals surface area contributed by atoms with Crippen molar-refractivity contribution >= 4 is 33.4 Å². The maximum absolute atomic E-state index is 12.2. The molecule has 1 aromatic carbocycles. The first-order chi connectivity index (χ1) is 11.6. The predicted molar refractivity (Wildman–Crippen MR) is 94.3 cm³/mol. The standard InChI is InChI=1S/C16H21BrN4O3/c17-12-1-2-13-14(9-12)24-11-16(23)21(13)10-15(22)19-5-8-20-6-3-18-4-7-20/h1-2,9,18H,3-8,10-11H2,(H,19,22). The van der Waals surface area contributed by atoms with E-state index in [0.717, 1.165) is 37.2 Å². The summed E-state index contributed by atoms with van der Waals surface area (Å²) < 4.78 is 6.29. The van der Waals surface area contributed by atoms with Gasteiger partial charge in [-0.15, -0.1) is 0 Å². The molecule has 1 saturated heterocycles. The van der Waals surface area contributed by atoms with Crippen molar-refractivity contribution in [2.24, 2.45) is 0 Å². The predicted octanol–water partition coefficient (Wildman–Crippen LogP) is 0.196. The molecule has 8 heteroatoms. The fraction of sp³-hybridized carbons (Fsp3) is 0.500. The van der Waals surface area contributed by atoms with Crippen molar-refractivity contribution in [3.63, 3.8) is 0 Å². The second-order valence-corrected chi connectivity index (χ2v) is 6.74. The summed E-state index contributed by atoms with van der Waals surface area (Å²) in [4.78, 5) is 28.1. The minimum absolute atomic E-state index is 0.0123. The summed E-state index contributed by atoms with van der Waals surface area (Å²) in [7, 11) is 0. The third kappa shape index (κ3) is 4.25. The molecule has 0 spiro atoms. The Bertz CT molecular complexity index is 619. The molecule has 24 heavy (non-hydrogen) atoms. The van der Waals surface area contributed by atoms with Crippen LogP contribution in [-0.2, 0) is 9.59 Å². The topological polar surface area (TPSA) is 73.9 Å². The molecule has 2 aliphatic heterocycles. The van der Waals surface area contributed by atoms with E-state index in [2.05, 4.69) is 31.5 Å². The number of hydrogen-bond acceptors (Lipinski definition) is 5. The van der Waals surface area contributed by atoms with Gasteiger partial charge >= 0.3 is 0 Å². The molecule has 0 saturated carbocycles. The second-order valence-electron chi connectivity index (χ2n) is 5.82. The summed E-state index contributed by atoms with van der Waals surface area (Å²) in [5, 5.41) is 6.19. The normalized spacial score (nSPS) is 18.0. The molecule has 2 heterocycles. The molecule has 0 bridgehead atoms. The number of amides is 2. The summed E-state index contributed by atoms with van der Waals surface area (Å²) in [5.74, 6) is 0.244. The second kappa shape index (κ2) is 7.96. The Balaban J connectivity index is 1.53. The number of anilines is 1. The van der Waals surface area contributed by atoms with Crippen molar-refractivity contribution < 1.29 is 14.3 Å². The van der Waals surface area contributed by atoms with Crippen molar-refractivity contribution in [2.75, 3.05) is 57.3 Å². The summed E-state index contributed by atoms with van der Waals surface area (Å²) >= 11 is 3.38. The molecule has 1 fully saturated rings. The SMILES string of the molecule is O=C(CN1C(=O)COc2cc(Br)ccc21)NCCN1CCNCC1. The number of fused-ring (bicyclic) bond motifs is 1. The number of halogens is 1. The number of benzene rings is 1. The zero-order chi connectivity index (χ0) is 16.9. The first kappa shape index (κ1) is 17.2. The largest absolute Gasteiger partial charge is 0.482 e. The molecule has 0 aromatic heterocycles. The Kier molecular flexibility index (Phi) is 5.70. The van der Waals surface area contributed by atoms with Crippen molar-refractivity contribution in [1.29, 1.82) is 0 Å². The minimum atomic E-state index is -0.206. The maximum Gasteiger partial charge on any atom is 0.265 e. The number of carbonyl (C=O) groups is 2. The van der Waals surface area contributed by atoms with Crippen LogP contribution >= 0.6 is 15.9 Å². The van der Waals surface area contributed by atoms with E-state index < -0.39 is 0 Å². The smallest absolute Gasteiger partial charge is 0.265 e. The molecular weight excluding hydrogens is 376 g/mol. The van der Waals surface area contributed by atoms with Gasteiger partial charge in [0.1, 0.15) is 12.3 Å². The molecule has 2 aliphatic rings. The van der Waals surface area contributed by atoms with Gasteiger partial charge in [0.05, 0.1) is 5.69 Å². The van der Waals surface area contributed by atoms with E-state index in [1.807, 2.05) is 6.07 Å². The molecule has 130 valence electrons. The Labute approximate surface area is 149 Å². The lowest BCUT2D eigenvalue weighted by Crippen LogP contribution is -2.48. The highest BCUT2D eigenvalue weighted by molar-refractivity contribution is 9.10. The number of hydrogen-bond donors (Lipinski definition) is 2. The monoisotopic (exact) mass is 396 g/mol. The lowest BCUT2D eigenvalue weighted by atomic mass is 10.2. The van der Waals surface area contributed by atoms with Crippen molar-refractivity contribution in [3.05, 3.63) is 22.7 Å². The van der Waals surface area contributed by atoms with Gasteiger partial charge < -0.3 is 15.4 Å². The van der Waals surface area contributed by atoms with Crippen LogP contribution in [0.1, 0.15) is 0 Å². The Morgan fingerprint density at radius 3 is 2.92 bits per heavy atom. The van der Waals surface area contributed by atoms with Crippen LogP contribution in [0.4, 0.5) is 5.69 Å². The number of nitrogens with one attached hydrogen (secondary N) is 2. The lowest BCUT2D eigenvalue weighted by Gasteiger charge is -2.29. The third-order valence-electron chi connectivity index (χ3n) is 4.13. The molecule has 0 atom stereocenters. The molecular formula is C16H21BrN4O3. The lowest BCUT2D eigenvalue weighted by molar-refractivity contribution is -0.125. The van der Waals surface area contributed by atoms with Gasteiger partial charge in [0.2, 0.25) is 5.91 Å². The first-order valence-electron chi connectivity index (χ1n) is 8.06. The number of ether oxygens (including phenoxy) is 1. The Morgan fingerprint density at radius 1 is 1.33 bits per heavy atom. The molecule has 0 unspecified atom stereocenters. The van der Waals surface area contributed by atoms with E-state index in [-0.39, 0.29) is 25.0 Å². The molecule has 2 N–H and O–H groups in total. The van der Waals surface area contributed by atoms with Gasteiger partial charge in [0.15, 0.2) is 6.61 Å². The van der Waals surface area contributed by atoms with Crippen LogP contribution in [0, 0.1) is 0 Å². The number of rotatable bonds is 5. The van der Waals surface area contributed by atoms with Gasteiger partial charge in [0, 0.05) is 43.7 Å². The summed E-state index contributed by atoms with van der Waals surface area (Å²) in [6, 6.07) is 5.41. The number of carbonyl (C=O) groups excluding carboxylic acids is 2. The Morgan fingerprint density at radius 2 is 2.12 bits per heavy atom. The van der Waals surface area contributed by atoms with E-state index >= 15 is 0 Å². The van der Waals surface area contributed by atoms with Crippen LogP contribution in [0.3, 0.4) is 0 Å². The fourth-order valence-electron chi connectivity index (χ4n) is 2.84. The van der Waals surface area contributed by atoms with Crippen LogP contribution in [0.15, 0.2) is 22.7 Å². The average Bonchev–Trinajstić information content (AvgIpc) is 2.58. The van der Waals surface area contributed by atoms with Crippen molar-refractivity contribution in [3.8, 4) is 5.75 Å². The maximum atomic E-state index is 12.2. The molecule has 7 nitrogen and oxygen atoms in total. The van der Waals surface area contributed by atoms with Gasteiger partial charge in [-0.25, -0.2) is 0 Å². The van der Waals surface area contributed by atoms with Gasteiger partial charge in [-0.1, -0.05) is 15.9 Å². The third-order valence-corrected chi connectivity index (χ3v) is 4.62. The van der Waals surface area contributed by atoms with Crippen LogP contribution in [0.25, 0.3) is 0 Å².